The molecular weight excluding hydrogens is 216 g/mol. The van der Waals surface area contributed by atoms with E-state index in [2.05, 4.69) is 10.1 Å². The van der Waals surface area contributed by atoms with Crippen LogP contribution in [-0.2, 0) is 0 Å². The highest BCUT2D eigenvalue weighted by molar-refractivity contribution is 5.41. The Hall–Kier alpha value is -2.02. The van der Waals surface area contributed by atoms with Gasteiger partial charge in [-0.15, -0.1) is 0 Å². The molecule has 0 aromatic carbocycles. The zero-order chi connectivity index (χ0) is 11.7. The first-order chi connectivity index (χ1) is 7.61. The van der Waals surface area contributed by atoms with Gasteiger partial charge in [0.25, 0.3) is 0 Å². The molecule has 7 heteroatoms. The summed E-state index contributed by atoms with van der Waals surface area (Å²) in [5.74, 6) is 3.05. The Balaban J connectivity index is 2.56. The van der Waals surface area contributed by atoms with Gasteiger partial charge >= 0.3 is 0 Å². The van der Waals surface area contributed by atoms with E-state index in [1.54, 1.807) is 19.3 Å². The largest absolute Gasteiger partial charge is 0.306 e. The van der Waals surface area contributed by atoms with Crippen LogP contribution in [0, 0.1) is 18.6 Å². The normalized spacial score (nSPS) is 10.5. The average Bonchev–Trinajstić information content (AvgIpc) is 2.65. The van der Waals surface area contributed by atoms with Crippen molar-refractivity contribution in [3.63, 3.8) is 0 Å². The highest BCUT2D eigenvalue weighted by atomic mass is 19.1. The number of nitrogens with two attached hydrogens (primary N) is 1. The number of pyridine rings is 1. The maximum absolute atomic E-state index is 13.4. The van der Waals surface area contributed by atoms with Gasteiger partial charge in [-0.05, 0) is 12.5 Å². The molecule has 0 bridgehead atoms. The van der Waals surface area contributed by atoms with Crippen molar-refractivity contribution in [2.24, 2.45) is 5.84 Å². The smallest absolute Gasteiger partial charge is 0.191 e. The van der Waals surface area contributed by atoms with Crippen LogP contribution >= 0.6 is 0 Å². The number of hydrogen-bond donors (Lipinski definition) is 2. The Morgan fingerprint density at radius 2 is 2.12 bits per heavy atom. The molecule has 2 aromatic heterocycles. The predicted octanol–water partition coefficient (Wildman–Crippen LogP) is 1.14. The van der Waals surface area contributed by atoms with Gasteiger partial charge in [0.05, 0.1) is 6.20 Å². The van der Waals surface area contributed by atoms with Crippen LogP contribution in [0.4, 0.5) is 14.6 Å². The van der Waals surface area contributed by atoms with Crippen molar-refractivity contribution in [3.05, 3.63) is 35.7 Å². The summed E-state index contributed by atoms with van der Waals surface area (Å²) in [7, 11) is 0. The Morgan fingerprint density at radius 3 is 2.69 bits per heavy atom. The van der Waals surface area contributed by atoms with Gasteiger partial charge in [-0.1, -0.05) is 0 Å². The summed E-state index contributed by atoms with van der Waals surface area (Å²) in [5.41, 5.74) is 2.89. The zero-order valence-electron chi connectivity index (χ0n) is 8.41. The van der Waals surface area contributed by atoms with Crippen LogP contribution in [0.15, 0.2) is 18.5 Å². The van der Waals surface area contributed by atoms with Gasteiger partial charge in [0.1, 0.15) is 0 Å². The monoisotopic (exact) mass is 225 g/mol. The fraction of sp³-hybridized carbons (Fsp3) is 0.111. The maximum atomic E-state index is 13.4. The summed E-state index contributed by atoms with van der Waals surface area (Å²) in [4.78, 5) is 3.69. The number of hydrazine groups is 1. The van der Waals surface area contributed by atoms with Crippen LogP contribution in [0.5, 0.6) is 0 Å². The van der Waals surface area contributed by atoms with E-state index in [0.29, 0.717) is 6.07 Å². The van der Waals surface area contributed by atoms with Crippen molar-refractivity contribution in [2.75, 3.05) is 5.43 Å². The summed E-state index contributed by atoms with van der Waals surface area (Å²) in [5, 5.41) is 3.88. The summed E-state index contributed by atoms with van der Waals surface area (Å²) in [6, 6.07) is 0.703. The minimum Gasteiger partial charge on any atom is -0.306 e. The molecular formula is C9H9F2N5. The summed E-state index contributed by atoms with van der Waals surface area (Å²) < 4.78 is 27.7. The molecule has 3 N–H and O–H groups in total. The second-order valence-corrected chi connectivity index (χ2v) is 3.23. The third kappa shape index (κ3) is 1.72. The summed E-state index contributed by atoms with van der Waals surface area (Å²) in [6.07, 6.45) is 3.11. The molecule has 0 unspecified atom stereocenters. The van der Waals surface area contributed by atoms with Gasteiger partial charge in [-0.3, -0.25) is 0 Å². The minimum absolute atomic E-state index is 0.109. The molecule has 0 saturated heterocycles. The van der Waals surface area contributed by atoms with Crippen LogP contribution < -0.4 is 11.3 Å². The number of aryl methyl sites for hydroxylation is 1. The maximum Gasteiger partial charge on any atom is 0.191 e. The molecule has 2 heterocycles. The number of nitrogens with zero attached hydrogens (tertiary/aromatic N) is 3. The number of nitrogens with one attached hydrogen (secondary N) is 1. The van der Waals surface area contributed by atoms with Crippen molar-refractivity contribution in [3.8, 4) is 5.82 Å². The van der Waals surface area contributed by atoms with Crippen molar-refractivity contribution in [1.82, 2.24) is 14.8 Å². The first-order valence-electron chi connectivity index (χ1n) is 4.46. The van der Waals surface area contributed by atoms with E-state index in [-0.39, 0.29) is 11.6 Å². The molecule has 84 valence electrons. The number of rotatable bonds is 2. The van der Waals surface area contributed by atoms with E-state index in [0.717, 1.165) is 5.56 Å². The van der Waals surface area contributed by atoms with Crippen LogP contribution in [-0.4, -0.2) is 14.8 Å². The molecule has 0 saturated carbocycles. The van der Waals surface area contributed by atoms with Crippen molar-refractivity contribution in [2.45, 2.75) is 6.92 Å². The molecule has 0 aliphatic heterocycles. The van der Waals surface area contributed by atoms with Crippen molar-refractivity contribution in [1.29, 1.82) is 0 Å². The van der Waals surface area contributed by atoms with E-state index in [1.807, 2.05) is 5.43 Å². The van der Waals surface area contributed by atoms with E-state index >= 15 is 0 Å². The third-order valence-electron chi connectivity index (χ3n) is 1.98. The second-order valence-electron chi connectivity index (χ2n) is 3.23. The van der Waals surface area contributed by atoms with E-state index in [1.165, 1.54) is 4.68 Å². The van der Waals surface area contributed by atoms with Crippen LogP contribution in [0.3, 0.4) is 0 Å². The van der Waals surface area contributed by atoms with Gasteiger partial charge in [-0.25, -0.2) is 24.3 Å². The summed E-state index contributed by atoms with van der Waals surface area (Å²) >= 11 is 0. The highest BCUT2D eigenvalue weighted by Crippen LogP contribution is 2.17. The van der Waals surface area contributed by atoms with Gasteiger partial charge in [0, 0.05) is 12.3 Å². The van der Waals surface area contributed by atoms with Gasteiger partial charge in [0.15, 0.2) is 23.3 Å². The molecule has 0 aliphatic rings. The summed E-state index contributed by atoms with van der Waals surface area (Å²) in [6.45, 7) is 1.80. The Morgan fingerprint density at radius 1 is 1.38 bits per heavy atom. The third-order valence-corrected chi connectivity index (χ3v) is 1.98. The number of anilines is 1. The number of hydrogen-bond acceptors (Lipinski definition) is 4. The first-order valence-corrected chi connectivity index (χ1v) is 4.46. The standard InChI is InChI=1S/C9H9F2N5/c1-5-3-13-16(4-5)9-7(11)2-6(10)8(14-9)15-12/h2-4H,12H2,1H3,(H,14,15). The molecule has 0 spiro atoms. The lowest BCUT2D eigenvalue weighted by atomic mass is 10.4. The van der Waals surface area contributed by atoms with Crippen molar-refractivity contribution < 1.29 is 8.78 Å². The second kappa shape index (κ2) is 3.86. The lowest BCUT2D eigenvalue weighted by molar-refractivity contribution is 0.563. The Kier molecular flexibility index (Phi) is 2.53. The van der Waals surface area contributed by atoms with E-state index in [9.17, 15) is 8.78 Å². The fourth-order valence-electron chi connectivity index (χ4n) is 1.25. The number of nitrogen functional groups attached to an aromatic ring is 1. The minimum atomic E-state index is -0.854. The Labute approximate surface area is 89.9 Å². The SMILES string of the molecule is Cc1cnn(-c2nc(NN)c(F)cc2F)c1. The van der Waals surface area contributed by atoms with E-state index < -0.39 is 11.6 Å². The molecule has 0 amide bonds. The average molecular weight is 225 g/mol. The topological polar surface area (TPSA) is 68.8 Å². The molecule has 0 radical (unpaired) electrons. The fourth-order valence-corrected chi connectivity index (χ4v) is 1.25. The number of halogens is 2. The van der Waals surface area contributed by atoms with Crippen molar-refractivity contribution >= 4 is 5.82 Å². The highest BCUT2D eigenvalue weighted by Gasteiger charge is 2.13. The van der Waals surface area contributed by atoms with Crippen LogP contribution in [0.25, 0.3) is 5.82 Å². The van der Waals surface area contributed by atoms with Gasteiger partial charge in [-0.2, -0.15) is 5.10 Å². The molecule has 2 rings (SSSR count). The zero-order valence-corrected chi connectivity index (χ0v) is 8.41. The van der Waals surface area contributed by atoms with Gasteiger partial charge in [0.2, 0.25) is 0 Å². The predicted molar refractivity (Wildman–Crippen MR) is 53.8 cm³/mol. The Bertz CT molecular complexity index is 523. The molecule has 0 aliphatic carbocycles. The molecule has 0 fully saturated rings. The lowest BCUT2D eigenvalue weighted by Crippen LogP contribution is -2.13. The number of aromatic nitrogens is 3. The lowest BCUT2D eigenvalue weighted by Gasteiger charge is -2.06. The molecule has 16 heavy (non-hydrogen) atoms. The van der Waals surface area contributed by atoms with Crippen LogP contribution in [0.2, 0.25) is 0 Å². The quantitative estimate of drug-likeness (QED) is 0.594. The van der Waals surface area contributed by atoms with Gasteiger partial charge < -0.3 is 5.43 Å². The first kappa shape index (κ1) is 10.5. The molecule has 2 aromatic rings. The van der Waals surface area contributed by atoms with Crippen LogP contribution in [0.1, 0.15) is 5.56 Å². The molecule has 5 nitrogen and oxygen atoms in total. The molecule has 0 atom stereocenters. The van der Waals surface area contributed by atoms with E-state index in [4.69, 9.17) is 5.84 Å².